The molecule has 1 aromatic rings. The normalized spacial score (nSPS) is 11.6. The van der Waals surface area contributed by atoms with E-state index in [9.17, 15) is 14.4 Å². The number of nitrogens with one attached hydrogen (secondary N) is 2. The van der Waals surface area contributed by atoms with Crippen molar-refractivity contribution in [2.45, 2.75) is 13.0 Å². The Kier molecular flexibility index (Phi) is 5.52. The summed E-state index contributed by atoms with van der Waals surface area (Å²) in [4.78, 5) is 33.7. The van der Waals surface area contributed by atoms with E-state index in [2.05, 4.69) is 42.5 Å². The van der Waals surface area contributed by atoms with Crippen LogP contribution in [0.4, 0.5) is 10.5 Å². The largest absolute Gasteiger partial charge is 0.478 e. The predicted octanol–water partition coefficient (Wildman–Crippen LogP) is 1.91. The van der Waals surface area contributed by atoms with Crippen molar-refractivity contribution in [3.63, 3.8) is 0 Å². The Bertz CT molecular complexity index is 577. The number of carboxylic acids is 1. The number of carboxylic acid groups (broad SMARTS) is 1. The van der Waals surface area contributed by atoms with E-state index in [1.165, 1.54) is 13.0 Å². The average Bonchev–Trinajstić information content (AvgIpc) is 2.30. The van der Waals surface area contributed by atoms with Gasteiger partial charge in [0.25, 0.3) is 0 Å². The summed E-state index contributed by atoms with van der Waals surface area (Å²) in [5.74, 6) is -1.79. The molecular formula is C11H11Br2N3O4. The summed E-state index contributed by atoms with van der Waals surface area (Å²) in [6, 6.07) is 1.20. The van der Waals surface area contributed by atoms with Gasteiger partial charge in [-0.1, -0.05) is 15.9 Å². The molecule has 0 radical (unpaired) electrons. The molecule has 0 spiro atoms. The third-order valence-corrected chi connectivity index (χ3v) is 3.37. The molecule has 0 aliphatic heterocycles. The highest BCUT2D eigenvalue weighted by Crippen LogP contribution is 2.31. The molecule has 0 aliphatic carbocycles. The number of halogens is 2. The number of rotatable bonds is 4. The van der Waals surface area contributed by atoms with Crippen LogP contribution in [0.1, 0.15) is 17.3 Å². The zero-order chi connectivity index (χ0) is 15.4. The lowest BCUT2D eigenvalue weighted by molar-refractivity contribution is -0.117. The van der Waals surface area contributed by atoms with Gasteiger partial charge in [0.1, 0.15) is 6.04 Å². The minimum Gasteiger partial charge on any atom is -0.478 e. The maximum Gasteiger partial charge on any atom is 0.337 e. The molecule has 20 heavy (non-hydrogen) atoms. The molecule has 1 unspecified atom stereocenters. The van der Waals surface area contributed by atoms with Crippen molar-refractivity contribution in [3.05, 3.63) is 26.6 Å². The summed E-state index contributed by atoms with van der Waals surface area (Å²) in [5.41, 5.74) is 4.92. The fourth-order valence-corrected chi connectivity index (χ4v) is 2.70. The van der Waals surface area contributed by atoms with Gasteiger partial charge in [0.2, 0.25) is 5.91 Å². The first-order valence-electron chi connectivity index (χ1n) is 5.31. The zero-order valence-electron chi connectivity index (χ0n) is 10.2. The lowest BCUT2D eigenvalue weighted by atomic mass is 10.1. The number of anilines is 1. The Hall–Kier alpha value is -1.61. The maximum atomic E-state index is 11.9. The monoisotopic (exact) mass is 407 g/mol. The predicted molar refractivity (Wildman–Crippen MR) is 79.6 cm³/mol. The van der Waals surface area contributed by atoms with E-state index in [-0.39, 0.29) is 11.3 Å². The minimum absolute atomic E-state index is 0.0918. The van der Waals surface area contributed by atoms with Crippen molar-refractivity contribution < 1.29 is 19.5 Å². The first-order valence-corrected chi connectivity index (χ1v) is 6.90. The van der Waals surface area contributed by atoms with Gasteiger partial charge in [-0.15, -0.1) is 0 Å². The van der Waals surface area contributed by atoms with Crippen LogP contribution in [-0.2, 0) is 4.79 Å². The molecule has 9 heteroatoms. The van der Waals surface area contributed by atoms with E-state index in [1.807, 2.05) is 0 Å². The van der Waals surface area contributed by atoms with Crippen LogP contribution in [0.2, 0.25) is 0 Å². The summed E-state index contributed by atoms with van der Waals surface area (Å²) in [6.07, 6.45) is 0. The highest BCUT2D eigenvalue weighted by atomic mass is 79.9. The van der Waals surface area contributed by atoms with E-state index >= 15 is 0 Å². The molecule has 0 heterocycles. The summed E-state index contributed by atoms with van der Waals surface area (Å²) in [6.45, 7) is 1.42. The van der Waals surface area contributed by atoms with Crippen LogP contribution in [0.15, 0.2) is 21.1 Å². The molecule has 0 bridgehead atoms. The Morgan fingerprint density at radius 1 is 1.30 bits per heavy atom. The Balaban J connectivity index is 3.05. The Morgan fingerprint density at radius 2 is 1.90 bits per heavy atom. The second kappa shape index (κ2) is 6.71. The smallest absolute Gasteiger partial charge is 0.337 e. The number of carbonyl (C=O) groups excluding carboxylic acids is 2. The van der Waals surface area contributed by atoms with Gasteiger partial charge in [-0.2, -0.15) is 0 Å². The Morgan fingerprint density at radius 3 is 2.40 bits per heavy atom. The number of hydrogen-bond donors (Lipinski definition) is 4. The van der Waals surface area contributed by atoms with Crippen molar-refractivity contribution in [1.82, 2.24) is 5.32 Å². The molecule has 108 valence electrons. The van der Waals surface area contributed by atoms with Crippen molar-refractivity contribution in [2.24, 2.45) is 5.73 Å². The molecule has 7 nitrogen and oxygen atoms in total. The minimum atomic E-state index is -1.20. The standard InChI is InChI=1S/C11H11Br2N3O4/c1-4(15-11(14)20)9(17)16-8-6(10(18)19)2-5(12)3-7(8)13/h2-4H,1H3,(H,16,17)(H,18,19)(H3,14,15,20). The van der Waals surface area contributed by atoms with Gasteiger partial charge < -0.3 is 21.5 Å². The van der Waals surface area contributed by atoms with Gasteiger partial charge in [0.05, 0.1) is 11.3 Å². The summed E-state index contributed by atoms with van der Waals surface area (Å²) in [7, 11) is 0. The second-order valence-corrected chi connectivity index (χ2v) is 5.60. The van der Waals surface area contributed by atoms with Crippen LogP contribution in [-0.4, -0.2) is 29.1 Å². The molecule has 0 saturated carbocycles. The van der Waals surface area contributed by atoms with Crippen LogP contribution in [0.5, 0.6) is 0 Å². The van der Waals surface area contributed by atoms with E-state index < -0.39 is 23.9 Å². The Labute approximate surface area is 131 Å². The number of benzene rings is 1. The molecular weight excluding hydrogens is 398 g/mol. The topological polar surface area (TPSA) is 122 Å². The molecule has 1 rings (SSSR count). The number of hydrogen-bond acceptors (Lipinski definition) is 3. The van der Waals surface area contributed by atoms with Gasteiger partial charge in [-0.3, -0.25) is 4.79 Å². The third kappa shape index (κ3) is 4.20. The molecule has 0 saturated heterocycles. The van der Waals surface area contributed by atoms with Crippen LogP contribution in [0.25, 0.3) is 0 Å². The average molecular weight is 409 g/mol. The molecule has 3 amide bonds. The van der Waals surface area contributed by atoms with Crippen LogP contribution >= 0.6 is 31.9 Å². The van der Waals surface area contributed by atoms with Crippen LogP contribution in [0, 0.1) is 0 Å². The number of carbonyl (C=O) groups is 3. The molecule has 0 aliphatic rings. The molecule has 1 aromatic carbocycles. The zero-order valence-corrected chi connectivity index (χ0v) is 13.4. The first kappa shape index (κ1) is 16.4. The van der Waals surface area contributed by atoms with Crippen molar-refractivity contribution in [2.75, 3.05) is 5.32 Å². The van der Waals surface area contributed by atoms with E-state index in [1.54, 1.807) is 6.07 Å². The summed E-state index contributed by atoms with van der Waals surface area (Å²) < 4.78 is 0.937. The lowest BCUT2D eigenvalue weighted by Gasteiger charge is -2.15. The number of primary amides is 1. The van der Waals surface area contributed by atoms with E-state index in [0.29, 0.717) is 8.95 Å². The second-order valence-electron chi connectivity index (χ2n) is 3.83. The fraction of sp³-hybridized carbons (Fsp3) is 0.182. The summed E-state index contributed by atoms with van der Waals surface area (Å²) >= 11 is 6.34. The quantitative estimate of drug-likeness (QED) is 0.607. The van der Waals surface area contributed by atoms with Crippen molar-refractivity contribution in [1.29, 1.82) is 0 Å². The van der Waals surface area contributed by atoms with Gasteiger partial charge in [0.15, 0.2) is 0 Å². The maximum absolute atomic E-state index is 11.9. The van der Waals surface area contributed by atoms with Crippen LogP contribution < -0.4 is 16.4 Å². The third-order valence-electron chi connectivity index (χ3n) is 2.29. The van der Waals surface area contributed by atoms with Gasteiger partial charge >= 0.3 is 12.0 Å². The number of urea groups is 1. The summed E-state index contributed by atoms with van der Waals surface area (Å²) in [5, 5.41) is 13.8. The number of amides is 3. The van der Waals surface area contributed by atoms with Crippen molar-refractivity contribution >= 4 is 55.5 Å². The van der Waals surface area contributed by atoms with Crippen LogP contribution in [0.3, 0.4) is 0 Å². The lowest BCUT2D eigenvalue weighted by Crippen LogP contribution is -2.44. The molecule has 0 aromatic heterocycles. The molecule has 5 N–H and O–H groups in total. The van der Waals surface area contributed by atoms with Gasteiger partial charge in [-0.25, -0.2) is 9.59 Å². The molecule has 1 atom stereocenters. The number of aromatic carboxylic acids is 1. The van der Waals surface area contributed by atoms with Gasteiger partial charge in [0, 0.05) is 8.95 Å². The first-order chi connectivity index (χ1) is 9.22. The van der Waals surface area contributed by atoms with E-state index in [4.69, 9.17) is 10.8 Å². The molecule has 0 fully saturated rings. The highest BCUT2D eigenvalue weighted by Gasteiger charge is 2.20. The SMILES string of the molecule is CC(NC(N)=O)C(=O)Nc1c(Br)cc(Br)cc1C(=O)O. The highest BCUT2D eigenvalue weighted by molar-refractivity contribution is 9.11. The number of nitrogens with two attached hydrogens (primary N) is 1. The fourth-order valence-electron chi connectivity index (χ4n) is 1.38. The van der Waals surface area contributed by atoms with Gasteiger partial charge in [-0.05, 0) is 35.0 Å². The van der Waals surface area contributed by atoms with Crippen molar-refractivity contribution in [3.8, 4) is 0 Å². The van der Waals surface area contributed by atoms with E-state index in [0.717, 1.165) is 0 Å².